The normalized spacial score (nSPS) is 18.9. The van der Waals surface area contributed by atoms with E-state index in [-0.39, 0.29) is 18.1 Å². The molecule has 2 rings (SSSR count). The number of carboxylic acids is 1. The summed E-state index contributed by atoms with van der Waals surface area (Å²) >= 11 is 0. The Morgan fingerprint density at radius 3 is 2.85 bits per heavy atom. The average Bonchev–Trinajstić information content (AvgIpc) is 2.45. The van der Waals surface area contributed by atoms with Gasteiger partial charge >= 0.3 is 5.97 Å². The van der Waals surface area contributed by atoms with Gasteiger partial charge in [0.15, 0.2) is 0 Å². The number of aliphatic carboxylic acids is 1. The van der Waals surface area contributed by atoms with Crippen LogP contribution in [0.5, 0.6) is 0 Å². The van der Waals surface area contributed by atoms with Gasteiger partial charge in [-0.3, -0.25) is 4.79 Å². The lowest BCUT2D eigenvalue weighted by Gasteiger charge is -2.33. The van der Waals surface area contributed by atoms with Crippen LogP contribution in [-0.4, -0.2) is 34.5 Å². The van der Waals surface area contributed by atoms with Gasteiger partial charge in [-0.05, 0) is 43.4 Å². The van der Waals surface area contributed by atoms with Crippen LogP contribution in [-0.2, 0) is 16.0 Å². The van der Waals surface area contributed by atoms with Crippen LogP contribution in [0.4, 0.5) is 4.39 Å². The van der Waals surface area contributed by atoms with Gasteiger partial charge < -0.3 is 10.0 Å². The number of carboxylic acid groups (broad SMARTS) is 1. The highest BCUT2D eigenvalue weighted by atomic mass is 19.1. The molecule has 1 aromatic carbocycles. The lowest BCUT2D eigenvalue weighted by atomic mass is 10.0. The number of likely N-dealkylation sites (tertiary alicyclic amines) is 1. The molecule has 1 aliphatic heterocycles. The summed E-state index contributed by atoms with van der Waals surface area (Å²) in [6, 6.07) is 5.43. The molecule has 0 aromatic heterocycles. The molecule has 0 radical (unpaired) electrons. The predicted molar refractivity (Wildman–Crippen MR) is 71.7 cm³/mol. The quantitative estimate of drug-likeness (QED) is 0.919. The molecule has 1 fully saturated rings. The summed E-state index contributed by atoms with van der Waals surface area (Å²) < 4.78 is 13.0. The molecular weight excluding hydrogens is 261 g/mol. The molecule has 0 aliphatic carbocycles. The van der Waals surface area contributed by atoms with Crippen molar-refractivity contribution in [1.82, 2.24) is 4.90 Å². The standard InChI is InChI=1S/C15H18FNO3/c16-12-5-3-4-11(10-12)7-8-14(18)17-9-2-1-6-13(17)15(19)20/h3-5,10,13H,1-2,6-9H2,(H,19,20)/t13-/m1/s1. The van der Waals surface area contributed by atoms with E-state index < -0.39 is 12.0 Å². The van der Waals surface area contributed by atoms with E-state index in [0.717, 1.165) is 18.4 Å². The highest BCUT2D eigenvalue weighted by Crippen LogP contribution is 2.19. The monoisotopic (exact) mass is 279 g/mol. The van der Waals surface area contributed by atoms with Crippen molar-refractivity contribution < 1.29 is 19.1 Å². The molecule has 1 N–H and O–H groups in total. The molecule has 1 aliphatic rings. The molecule has 4 nitrogen and oxygen atoms in total. The summed E-state index contributed by atoms with van der Waals surface area (Å²) in [6.07, 6.45) is 2.84. The molecule has 0 bridgehead atoms. The zero-order valence-electron chi connectivity index (χ0n) is 11.2. The van der Waals surface area contributed by atoms with Crippen molar-refractivity contribution >= 4 is 11.9 Å². The second-order valence-electron chi connectivity index (χ2n) is 5.07. The second kappa shape index (κ2) is 6.50. The molecule has 20 heavy (non-hydrogen) atoms. The number of carbonyl (C=O) groups is 2. The molecule has 108 valence electrons. The van der Waals surface area contributed by atoms with E-state index >= 15 is 0 Å². The molecule has 0 saturated carbocycles. The average molecular weight is 279 g/mol. The fourth-order valence-electron chi connectivity index (χ4n) is 2.57. The second-order valence-corrected chi connectivity index (χ2v) is 5.07. The number of amides is 1. The highest BCUT2D eigenvalue weighted by Gasteiger charge is 2.31. The van der Waals surface area contributed by atoms with Gasteiger partial charge in [0.25, 0.3) is 0 Å². The number of rotatable bonds is 4. The number of aryl methyl sites for hydroxylation is 1. The van der Waals surface area contributed by atoms with Crippen molar-refractivity contribution in [2.24, 2.45) is 0 Å². The first-order valence-electron chi connectivity index (χ1n) is 6.84. The molecule has 5 heteroatoms. The van der Waals surface area contributed by atoms with E-state index in [1.165, 1.54) is 17.0 Å². The number of benzene rings is 1. The number of piperidine rings is 1. The van der Waals surface area contributed by atoms with Crippen molar-refractivity contribution in [3.05, 3.63) is 35.6 Å². The van der Waals surface area contributed by atoms with Crippen LogP contribution in [0.25, 0.3) is 0 Å². The number of nitrogens with zero attached hydrogens (tertiary/aromatic N) is 1. The minimum atomic E-state index is -0.941. The van der Waals surface area contributed by atoms with Gasteiger partial charge in [0, 0.05) is 13.0 Å². The van der Waals surface area contributed by atoms with Crippen LogP contribution < -0.4 is 0 Å². The zero-order chi connectivity index (χ0) is 14.5. The minimum absolute atomic E-state index is 0.165. The Kier molecular flexibility index (Phi) is 4.71. The van der Waals surface area contributed by atoms with Crippen LogP contribution >= 0.6 is 0 Å². The summed E-state index contributed by atoms with van der Waals surface area (Å²) in [6.45, 7) is 0.499. The molecule has 1 aromatic rings. The van der Waals surface area contributed by atoms with Gasteiger partial charge in [-0.2, -0.15) is 0 Å². The first-order chi connectivity index (χ1) is 9.58. The summed E-state index contributed by atoms with van der Waals surface area (Å²) in [5, 5.41) is 9.14. The molecule has 0 spiro atoms. The first-order valence-corrected chi connectivity index (χ1v) is 6.84. The van der Waals surface area contributed by atoms with Gasteiger partial charge in [-0.25, -0.2) is 9.18 Å². The summed E-state index contributed by atoms with van der Waals surface area (Å²) in [5.41, 5.74) is 0.752. The summed E-state index contributed by atoms with van der Waals surface area (Å²) in [5.74, 6) is -1.43. The lowest BCUT2D eigenvalue weighted by Crippen LogP contribution is -2.48. The van der Waals surface area contributed by atoms with Crippen LogP contribution in [0.2, 0.25) is 0 Å². The molecular formula is C15H18FNO3. The van der Waals surface area contributed by atoms with Crippen LogP contribution in [0.1, 0.15) is 31.2 Å². The van der Waals surface area contributed by atoms with Crippen LogP contribution in [0.3, 0.4) is 0 Å². The number of hydrogen-bond donors (Lipinski definition) is 1. The molecule has 1 amide bonds. The minimum Gasteiger partial charge on any atom is -0.480 e. The SMILES string of the molecule is O=C(O)[C@H]1CCCCN1C(=O)CCc1cccc(F)c1. The van der Waals surface area contributed by atoms with E-state index in [9.17, 15) is 14.0 Å². The van der Waals surface area contributed by atoms with E-state index in [2.05, 4.69) is 0 Å². The highest BCUT2D eigenvalue weighted by molar-refractivity contribution is 5.84. The van der Waals surface area contributed by atoms with Crippen molar-refractivity contribution in [3.8, 4) is 0 Å². The van der Waals surface area contributed by atoms with E-state index in [1.807, 2.05) is 0 Å². The van der Waals surface area contributed by atoms with Gasteiger partial charge in [0.1, 0.15) is 11.9 Å². The first kappa shape index (κ1) is 14.5. The van der Waals surface area contributed by atoms with E-state index in [4.69, 9.17) is 5.11 Å². The topological polar surface area (TPSA) is 57.6 Å². The maximum absolute atomic E-state index is 13.0. The maximum Gasteiger partial charge on any atom is 0.326 e. The molecule has 1 atom stereocenters. The number of halogens is 1. The number of hydrogen-bond acceptors (Lipinski definition) is 2. The maximum atomic E-state index is 13.0. The Hall–Kier alpha value is -1.91. The number of carbonyl (C=O) groups excluding carboxylic acids is 1. The third-order valence-corrected chi connectivity index (χ3v) is 3.62. The lowest BCUT2D eigenvalue weighted by molar-refractivity contribution is -0.152. The molecule has 1 heterocycles. The third kappa shape index (κ3) is 3.56. The van der Waals surface area contributed by atoms with Crippen molar-refractivity contribution in [2.75, 3.05) is 6.54 Å². The summed E-state index contributed by atoms with van der Waals surface area (Å²) in [7, 11) is 0. The van der Waals surface area contributed by atoms with Crippen molar-refractivity contribution in [3.63, 3.8) is 0 Å². The Bertz CT molecular complexity index is 504. The zero-order valence-corrected chi connectivity index (χ0v) is 11.2. The smallest absolute Gasteiger partial charge is 0.326 e. The Labute approximate surface area is 117 Å². The van der Waals surface area contributed by atoms with Gasteiger partial charge in [0.05, 0.1) is 0 Å². The Morgan fingerprint density at radius 2 is 2.15 bits per heavy atom. The third-order valence-electron chi connectivity index (χ3n) is 3.62. The van der Waals surface area contributed by atoms with Gasteiger partial charge in [-0.1, -0.05) is 12.1 Å². The van der Waals surface area contributed by atoms with Crippen LogP contribution in [0.15, 0.2) is 24.3 Å². The van der Waals surface area contributed by atoms with E-state index in [1.54, 1.807) is 12.1 Å². The van der Waals surface area contributed by atoms with Gasteiger partial charge in [0.2, 0.25) is 5.91 Å². The summed E-state index contributed by atoms with van der Waals surface area (Å²) in [4.78, 5) is 24.7. The fourth-order valence-corrected chi connectivity index (χ4v) is 2.57. The predicted octanol–water partition coefficient (Wildman–Crippen LogP) is 2.22. The molecule has 1 saturated heterocycles. The van der Waals surface area contributed by atoms with Crippen molar-refractivity contribution in [1.29, 1.82) is 0 Å². The largest absolute Gasteiger partial charge is 0.480 e. The Balaban J connectivity index is 1.95. The van der Waals surface area contributed by atoms with Crippen LogP contribution in [0, 0.1) is 5.82 Å². The van der Waals surface area contributed by atoms with Crippen molar-refractivity contribution in [2.45, 2.75) is 38.1 Å². The molecule has 0 unspecified atom stereocenters. The Morgan fingerprint density at radius 1 is 1.35 bits per heavy atom. The van der Waals surface area contributed by atoms with Gasteiger partial charge in [-0.15, -0.1) is 0 Å². The van der Waals surface area contributed by atoms with E-state index in [0.29, 0.717) is 19.4 Å². The fraction of sp³-hybridized carbons (Fsp3) is 0.467.